The summed E-state index contributed by atoms with van der Waals surface area (Å²) in [4.78, 5) is 11.9. The van der Waals surface area contributed by atoms with Crippen LogP contribution in [0.1, 0.15) is 23.2 Å². The summed E-state index contributed by atoms with van der Waals surface area (Å²) in [5, 5.41) is 12.7. The van der Waals surface area contributed by atoms with Gasteiger partial charge in [0.05, 0.1) is 12.5 Å². The molecule has 0 amide bonds. The number of nitrogens with zero attached hydrogens (tertiary/aromatic N) is 4. The molecule has 0 unspecified atom stereocenters. The van der Waals surface area contributed by atoms with Gasteiger partial charge in [0.15, 0.2) is 5.65 Å². The maximum atomic E-state index is 5.99. The van der Waals surface area contributed by atoms with E-state index in [0.717, 1.165) is 59.2 Å². The highest BCUT2D eigenvalue weighted by Crippen LogP contribution is 2.32. The topological polar surface area (TPSA) is 79.0 Å². The molecule has 0 radical (unpaired) electrons. The van der Waals surface area contributed by atoms with Gasteiger partial charge in [-0.3, -0.25) is 5.10 Å². The molecule has 2 aromatic carbocycles. The third-order valence-corrected chi connectivity index (χ3v) is 5.77. The van der Waals surface area contributed by atoms with Gasteiger partial charge in [-0.05, 0) is 48.2 Å². The molecule has 2 aromatic heterocycles. The Hall–Kier alpha value is -3.32. The Bertz CT molecular complexity index is 1190. The quantitative estimate of drug-likeness (QED) is 0.462. The standard InChI is InChI=1S/C23H23ClN6O/c1-31-18-10-6-16(7-11-18)14-30-12-2-3-19-20-21(29-28-19)26-23(27-22(20)30)25-13-15-4-8-17(24)9-5-15/h4-11H,2-3,12-14H2,1H3,(H2,25,26,27,28,29). The van der Waals surface area contributed by atoms with E-state index in [2.05, 4.69) is 37.5 Å². The number of nitrogens with one attached hydrogen (secondary N) is 2. The summed E-state index contributed by atoms with van der Waals surface area (Å²) < 4.78 is 5.29. The summed E-state index contributed by atoms with van der Waals surface area (Å²) in [6.07, 6.45) is 1.96. The molecule has 1 aliphatic heterocycles. The number of anilines is 2. The zero-order chi connectivity index (χ0) is 21.2. The molecule has 0 saturated heterocycles. The number of benzene rings is 2. The van der Waals surface area contributed by atoms with Gasteiger partial charge in [-0.15, -0.1) is 0 Å². The molecule has 0 atom stereocenters. The zero-order valence-electron chi connectivity index (χ0n) is 17.2. The minimum absolute atomic E-state index is 0.567. The first-order valence-electron chi connectivity index (χ1n) is 10.3. The smallest absolute Gasteiger partial charge is 0.227 e. The molecule has 4 aromatic rings. The van der Waals surface area contributed by atoms with Gasteiger partial charge in [0.2, 0.25) is 5.95 Å². The molecule has 0 fully saturated rings. The fraction of sp³-hybridized carbons (Fsp3) is 0.261. The summed E-state index contributed by atoms with van der Waals surface area (Å²) in [5.74, 6) is 2.34. The number of aromatic nitrogens is 4. The average Bonchev–Trinajstić information content (AvgIpc) is 3.12. The van der Waals surface area contributed by atoms with E-state index in [1.165, 1.54) is 5.56 Å². The molecule has 7 nitrogen and oxygen atoms in total. The molecule has 5 rings (SSSR count). The van der Waals surface area contributed by atoms with Crippen LogP contribution >= 0.6 is 11.6 Å². The molecular formula is C23H23ClN6O. The number of ether oxygens (including phenoxy) is 1. The second-order valence-corrected chi connectivity index (χ2v) is 8.06. The van der Waals surface area contributed by atoms with E-state index >= 15 is 0 Å². The lowest BCUT2D eigenvalue weighted by atomic mass is 10.2. The van der Waals surface area contributed by atoms with E-state index in [1.54, 1.807) is 7.11 Å². The first-order chi connectivity index (χ1) is 15.2. The summed E-state index contributed by atoms with van der Waals surface area (Å²) in [6.45, 7) is 2.28. The van der Waals surface area contributed by atoms with Crippen LogP contribution in [0.4, 0.5) is 11.8 Å². The van der Waals surface area contributed by atoms with Crippen molar-refractivity contribution in [3.8, 4) is 5.75 Å². The number of hydrogen-bond acceptors (Lipinski definition) is 6. The molecule has 3 heterocycles. The molecule has 1 aliphatic rings. The van der Waals surface area contributed by atoms with Gasteiger partial charge in [0.1, 0.15) is 11.6 Å². The minimum Gasteiger partial charge on any atom is -0.497 e. The number of H-pyrrole nitrogens is 1. The normalized spacial score (nSPS) is 13.3. The summed E-state index contributed by atoms with van der Waals surface area (Å²) in [5.41, 5.74) is 4.11. The van der Waals surface area contributed by atoms with Crippen LogP contribution in [-0.2, 0) is 19.5 Å². The van der Waals surface area contributed by atoms with Gasteiger partial charge in [-0.2, -0.15) is 15.1 Å². The third kappa shape index (κ3) is 4.14. The number of hydrogen-bond donors (Lipinski definition) is 2. The highest BCUT2D eigenvalue weighted by atomic mass is 35.5. The van der Waals surface area contributed by atoms with Crippen molar-refractivity contribution in [2.24, 2.45) is 0 Å². The van der Waals surface area contributed by atoms with Crippen LogP contribution in [0.2, 0.25) is 5.02 Å². The van der Waals surface area contributed by atoms with E-state index < -0.39 is 0 Å². The van der Waals surface area contributed by atoms with Crippen LogP contribution in [0.5, 0.6) is 5.75 Å². The van der Waals surface area contributed by atoms with E-state index in [4.69, 9.17) is 21.3 Å². The van der Waals surface area contributed by atoms with Crippen LogP contribution in [0, 0.1) is 0 Å². The van der Waals surface area contributed by atoms with Crippen LogP contribution < -0.4 is 15.0 Å². The number of rotatable bonds is 6. The van der Waals surface area contributed by atoms with E-state index in [-0.39, 0.29) is 0 Å². The van der Waals surface area contributed by atoms with Crippen LogP contribution in [0.25, 0.3) is 11.0 Å². The maximum Gasteiger partial charge on any atom is 0.227 e. The van der Waals surface area contributed by atoms with Gasteiger partial charge < -0.3 is 15.0 Å². The SMILES string of the molecule is COc1ccc(CN2CCCc3[nH]nc4nc(NCc5ccc(Cl)cc5)nc2c34)cc1. The van der Waals surface area contributed by atoms with Crippen LogP contribution in [0.3, 0.4) is 0 Å². The highest BCUT2D eigenvalue weighted by Gasteiger charge is 2.23. The Labute approximate surface area is 185 Å². The maximum absolute atomic E-state index is 5.99. The number of aromatic amines is 1. The minimum atomic E-state index is 0.567. The highest BCUT2D eigenvalue weighted by molar-refractivity contribution is 6.30. The van der Waals surface area contributed by atoms with Crippen molar-refractivity contribution >= 4 is 34.4 Å². The van der Waals surface area contributed by atoms with Crippen molar-refractivity contribution in [3.63, 3.8) is 0 Å². The predicted molar refractivity (Wildman–Crippen MR) is 123 cm³/mol. The lowest BCUT2D eigenvalue weighted by Crippen LogP contribution is -2.25. The second-order valence-electron chi connectivity index (χ2n) is 7.62. The number of methoxy groups -OCH3 is 1. The lowest BCUT2D eigenvalue weighted by molar-refractivity contribution is 0.414. The first kappa shape index (κ1) is 19.6. The summed E-state index contributed by atoms with van der Waals surface area (Å²) in [7, 11) is 1.68. The predicted octanol–water partition coefficient (Wildman–Crippen LogP) is 4.58. The fourth-order valence-corrected chi connectivity index (χ4v) is 4.02. The molecular weight excluding hydrogens is 412 g/mol. The monoisotopic (exact) mass is 434 g/mol. The molecule has 0 spiro atoms. The van der Waals surface area contributed by atoms with Crippen molar-refractivity contribution in [2.45, 2.75) is 25.9 Å². The van der Waals surface area contributed by atoms with Gasteiger partial charge in [-0.25, -0.2) is 0 Å². The van der Waals surface area contributed by atoms with Gasteiger partial charge >= 0.3 is 0 Å². The van der Waals surface area contributed by atoms with E-state index in [1.807, 2.05) is 36.4 Å². The van der Waals surface area contributed by atoms with Crippen molar-refractivity contribution in [2.75, 3.05) is 23.9 Å². The number of halogens is 1. The Morgan fingerprint density at radius 1 is 1.06 bits per heavy atom. The Kier molecular flexibility index (Phi) is 5.34. The van der Waals surface area contributed by atoms with Crippen LogP contribution in [0.15, 0.2) is 48.5 Å². The summed E-state index contributed by atoms with van der Waals surface area (Å²) >= 11 is 5.99. The first-order valence-corrected chi connectivity index (χ1v) is 10.7. The largest absolute Gasteiger partial charge is 0.497 e. The van der Waals surface area contributed by atoms with E-state index in [0.29, 0.717) is 18.1 Å². The van der Waals surface area contributed by atoms with Crippen molar-refractivity contribution < 1.29 is 4.74 Å². The molecule has 31 heavy (non-hydrogen) atoms. The van der Waals surface area contributed by atoms with Crippen molar-refractivity contribution in [1.82, 2.24) is 20.2 Å². The van der Waals surface area contributed by atoms with Crippen LogP contribution in [-0.4, -0.2) is 33.8 Å². The van der Waals surface area contributed by atoms with E-state index in [9.17, 15) is 0 Å². The van der Waals surface area contributed by atoms with Crippen molar-refractivity contribution in [1.29, 1.82) is 0 Å². The molecule has 0 saturated carbocycles. The molecule has 158 valence electrons. The molecule has 2 N–H and O–H groups in total. The summed E-state index contributed by atoms with van der Waals surface area (Å²) in [6, 6.07) is 15.9. The zero-order valence-corrected chi connectivity index (χ0v) is 18.0. The Morgan fingerprint density at radius 3 is 2.61 bits per heavy atom. The molecule has 0 aliphatic carbocycles. The van der Waals surface area contributed by atoms with Gasteiger partial charge in [-0.1, -0.05) is 35.9 Å². The Balaban J connectivity index is 1.45. The van der Waals surface area contributed by atoms with Gasteiger partial charge in [0, 0.05) is 30.4 Å². The Morgan fingerprint density at radius 2 is 1.84 bits per heavy atom. The third-order valence-electron chi connectivity index (χ3n) is 5.52. The van der Waals surface area contributed by atoms with Gasteiger partial charge in [0.25, 0.3) is 0 Å². The van der Waals surface area contributed by atoms with Crippen molar-refractivity contribution in [3.05, 3.63) is 70.4 Å². The lowest BCUT2D eigenvalue weighted by Gasteiger charge is -2.23. The second kappa shape index (κ2) is 8.43. The number of aryl methyl sites for hydroxylation is 1. The average molecular weight is 435 g/mol. The fourth-order valence-electron chi connectivity index (χ4n) is 3.89. The molecule has 8 heteroatoms. The molecule has 0 bridgehead atoms.